The summed E-state index contributed by atoms with van der Waals surface area (Å²) in [5.41, 5.74) is 2.65. The van der Waals surface area contributed by atoms with Crippen LogP contribution < -0.4 is 4.74 Å². The number of nitrogens with zero attached hydrogens (tertiary/aromatic N) is 3. The number of thiophene rings is 1. The number of rotatable bonds is 11. The van der Waals surface area contributed by atoms with Gasteiger partial charge in [0.25, 0.3) is 0 Å². The molecule has 0 saturated heterocycles. The van der Waals surface area contributed by atoms with Gasteiger partial charge in [0.15, 0.2) is 11.6 Å². The Morgan fingerprint density at radius 2 is 1.67 bits per heavy atom. The minimum Gasteiger partial charge on any atom is -0.453 e. The molecule has 0 amide bonds. The van der Waals surface area contributed by atoms with Crippen molar-refractivity contribution < 1.29 is 23.1 Å². The number of hydrogen-bond acceptors (Lipinski definition) is 6. The third-order valence-corrected chi connectivity index (χ3v) is 7.23. The molecule has 2 aromatic carbocycles. The third kappa shape index (κ3) is 6.43. The van der Waals surface area contributed by atoms with Gasteiger partial charge in [0.2, 0.25) is 0 Å². The van der Waals surface area contributed by atoms with Crippen LogP contribution in [0, 0.1) is 11.6 Å². The molecule has 0 bridgehead atoms. The lowest BCUT2D eigenvalue weighted by Gasteiger charge is -2.09. The first-order valence-electron chi connectivity index (χ1n) is 12.5. The lowest BCUT2D eigenvalue weighted by molar-refractivity contribution is -0.126. The normalized spacial score (nSPS) is 11.2. The van der Waals surface area contributed by atoms with Crippen molar-refractivity contribution in [1.82, 2.24) is 14.5 Å². The average molecular weight is 546 g/mol. The molecule has 0 radical (unpaired) electrons. The molecule has 0 unspecified atom stereocenters. The van der Waals surface area contributed by atoms with Gasteiger partial charge in [0.1, 0.15) is 23.1 Å². The van der Waals surface area contributed by atoms with Crippen LogP contribution in [-0.4, -0.2) is 26.1 Å². The van der Waals surface area contributed by atoms with E-state index in [1.807, 2.05) is 16.8 Å². The maximum Gasteiger partial charge on any atom is 0.166 e. The van der Waals surface area contributed by atoms with Crippen molar-refractivity contribution >= 4 is 33.1 Å². The molecule has 0 N–H and O–H groups in total. The first-order valence-corrected chi connectivity index (χ1v) is 13.3. The summed E-state index contributed by atoms with van der Waals surface area (Å²) in [5, 5.41) is 0. The lowest BCUT2D eigenvalue weighted by Crippen LogP contribution is -2.12. The Hall–Kier alpha value is -4.24. The van der Waals surface area contributed by atoms with Gasteiger partial charge < -0.3 is 9.30 Å². The van der Waals surface area contributed by atoms with E-state index >= 15 is 0 Å². The number of carbonyl (C=O) groups excluding carboxylic acids is 2. The van der Waals surface area contributed by atoms with Crippen LogP contribution in [0.2, 0.25) is 0 Å². The summed E-state index contributed by atoms with van der Waals surface area (Å²) in [6.45, 7) is 2.99. The van der Waals surface area contributed by atoms with Crippen LogP contribution >= 0.6 is 11.3 Å². The fourth-order valence-corrected chi connectivity index (χ4v) is 5.27. The second-order valence-electron chi connectivity index (χ2n) is 9.23. The molecule has 198 valence electrons. The molecule has 3 aromatic heterocycles. The van der Waals surface area contributed by atoms with E-state index in [0.29, 0.717) is 16.9 Å². The highest BCUT2D eigenvalue weighted by Gasteiger charge is 2.16. The molecule has 0 saturated carbocycles. The fourth-order valence-electron chi connectivity index (χ4n) is 4.25. The predicted octanol–water partition coefficient (Wildman–Crippen LogP) is 6.95. The summed E-state index contributed by atoms with van der Waals surface area (Å²) >= 11 is 1.47. The number of fused-ring (bicyclic) bond motifs is 1. The number of aryl methyl sites for hydroxylation is 1. The number of carbonyl (C=O) groups is 2. The van der Waals surface area contributed by atoms with Crippen LogP contribution in [0.5, 0.6) is 11.5 Å². The second-order valence-corrected chi connectivity index (χ2v) is 10.3. The van der Waals surface area contributed by atoms with Crippen molar-refractivity contribution in [3.63, 3.8) is 0 Å². The largest absolute Gasteiger partial charge is 0.453 e. The van der Waals surface area contributed by atoms with E-state index in [2.05, 4.69) is 16.9 Å². The van der Waals surface area contributed by atoms with E-state index < -0.39 is 5.82 Å². The quantitative estimate of drug-likeness (QED) is 0.168. The molecule has 9 heteroatoms. The van der Waals surface area contributed by atoms with Gasteiger partial charge in [-0.3, -0.25) is 14.6 Å². The van der Waals surface area contributed by atoms with Crippen LogP contribution in [0.3, 0.4) is 0 Å². The zero-order chi connectivity index (χ0) is 27.4. The van der Waals surface area contributed by atoms with Crippen molar-refractivity contribution in [2.24, 2.45) is 0 Å². The number of benzene rings is 2. The smallest absolute Gasteiger partial charge is 0.166 e. The molecule has 0 spiro atoms. The van der Waals surface area contributed by atoms with E-state index in [-0.39, 0.29) is 42.4 Å². The zero-order valence-corrected chi connectivity index (χ0v) is 22.0. The molecule has 0 aliphatic rings. The Kier molecular flexibility index (Phi) is 7.88. The molecule has 5 aromatic rings. The molecular weight excluding hydrogens is 520 g/mol. The highest BCUT2D eigenvalue weighted by molar-refractivity contribution is 7.22. The first-order chi connectivity index (χ1) is 18.9. The highest BCUT2D eigenvalue weighted by Crippen LogP contribution is 2.39. The molecule has 0 aliphatic carbocycles. The van der Waals surface area contributed by atoms with Crippen LogP contribution in [0.25, 0.3) is 20.8 Å². The van der Waals surface area contributed by atoms with E-state index in [1.54, 1.807) is 24.7 Å². The molecule has 39 heavy (non-hydrogen) atoms. The Morgan fingerprint density at radius 3 is 2.41 bits per heavy atom. The molecule has 0 aliphatic heterocycles. The van der Waals surface area contributed by atoms with E-state index in [0.717, 1.165) is 33.8 Å². The number of aromatic nitrogens is 3. The topological polar surface area (TPSA) is 74.1 Å². The van der Waals surface area contributed by atoms with Crippen molar-refractivity contribution in [2.45, 2.75) is 39.2 Å². The standard InChI is InChI=1S/C30H25F2N3O3S/c1-2-11-35-17-26(34-18-35)29-16-25-30(39-29)28(9-10-33-25)38-27-8-5-20(14-24(27)32)13-23(37)15-22(36)12-19-3-6-21(31)7-4-19/h3-10,14,16-18H,2,11-13,15H2,1H3. The molecule has 5 rings (SSSR count). The minimum atomic E-state index is -0.613. The van der Waals surface area contributed by atoms with Gasteiger partial charge in [0, 0.05) is 37.8 Å². The Labute approximate surface area is 227 Å². The van der Waals surface area contributed by atoms with E-state index in [1.165, 1.54) is 47.7 Å². The maximum absolute atomic E-state index is 15.0. The van der Waals surface area contributed by atoms with Gasteiger partial charge >= 0.3 is 0 Å². The molecule has 3 heterocycles. The van der Waals surface area contributed by atoms with E-state index in [9.17, 15) is 18.4 Å². The fraction of sp³-hybridized carbons (Fsp3) is 0.200. The molecular formula is C30H25F2N3O3S. The summed E-state index contributed by atoms with van der Waals surface area (Å²) in [7, 11) is 0. The third-order valence-electron chi connectivity index (χ3n) is 6.07. The summed E-state index contributed by atoms with van der Waals surface area (Å²) in [4.78, 5) is 34.5. The number of hydrogen-bond donors (Lipinski definition) is 0. The predicted molar refractivity (Wildman–Crippen MR) is 146 cm³/mol. The summed E-state index contributed by atoms with van der Waals surface area (Å²) in [6.07, 6.45) is 6.10. The highest BCUT2D eigenvalue weighted by atomic mass is 32.1. The average Bonchev–Trinajstić information content (AvgIpc) is 3.55. The number of ketones is 2. The van der Waals surface area contributed by atoms with Gasteiger partial charge in [0.05, 0.1) is 33.5 Å². The number of halogens is 2. The van der Waals surface area contributed by atoms with Crippen LogP contribution in [0.1, 0.15) is 30.9 Å². The number of Topliss-reactive ketones (excluding diaryl/α,β-unsaturated/α-hetero) is 2. The molecule has 6 nitrogen and oxygen atoms in total. The van der Waals surface area contributed by atoms with Crippen molar-refractivity contribution in [3.8, 4) is 22.1 Å². The van der Waals surface area contributed by atoms with Crippen LogP contribution in [0.15, 0.2) is 73.3 Å². The number of pyridine rings is 1. The van der Waals surface area contributed by atoms with Gasteiger partial charge in [-0.15, -0.1) is 11.3 Å². The van der Waals surface area contributed by atoms with Gasteiger partial charge in [-0.2, -0.15) is 0 Å². The SMILES string of the molecule is CCCn1cnc(-c2cc3nccc(Oc4ccc(CC(=O)CC(=O)Cc5ccc(F)cc5)cc4F)c3s2)c1. The first kappa shape index (κ1) is 26.4. The number of imidazole rings is 1. The summed E-state index contributed by atoms with van der Waals surface area (Å²) < 4.78 is 36.7. The Morgan fingerprint density at radius 1 is 0.923 bits per heavy atom. The van der Waals surface area contributed by atoms with Gasteiger partial charge in [-0.25, -0.2) is 13.8 Å². The number of ether oxygens (including phenoxy) is 1. The van der Waals surface area contributed by atoms with Gasteiger partial charge in [-0.1, -0.05) is 25.1 Å². The summed E-state index contributed by atoms with van der Waals surface area (Å²) in [5.74, 6) is -1.11. The maximum atomic E-state index is 15.0. The van der Waals surface area contributed by atoms with Crippen molar-refractivity contribution in [1.29, 1.82) is 0 Å². The minimum absolute atomic E-state index is 0.0215. The van der Waals surface area contributed by atoms with Crippen molar-refractivity contribution in [2.75, 3.05) is 0 Å². The lowest BCUT2D eigenvalue weighted by atomic mass is 10.0. The van der Waals surface area contributed by atoms with Crippen molar-refractivity contribution in [3.05, 3.63) is 96.1 Å². The van der Waals surface area contributed by atoms with Crippen LogP contribution in [-0.2, 0) is 29.0 Å². The molecule has 0 fully saturated rings. The Balaban J connectivity index is 1.25. The molecule has 0 atom stereocenters. The monoisotopic (exact) mass is 545 g/mol. The summed E-state index contributed by atoms with van der Waals surface area (Å²) in [6, 6.07) is 13.5. The zero-order valence-electron chi connectivity index (χ0n) is 21.2. The van der Waals surface area contributed by atoms with Gasteiger partial charge in [-0.05, 0) is 47.9 Å². The second kappa shape index (κ2) is 11.7. The van der Waals surface area contributed by atoms with Crippen LogP contribution in [0.4, 0.5) is 8.78 Å². The Bertz CT molecular complexity index is 1640. The van der Waals surface area contributed by atoms with E-state index in [4.69, 9.17) is 4.74 Å².